The van der Waals surface area contributed by atoms with Gasteiger partial charge in [0, 0.05) is 36.6 Å². The van der Waals surface area contributed by atoms with Crippen molar-refractivity contribution in [2.45, 2.75) is 46.6 Å². The molecule has 3 rings (SSSR count). The lowest BCUT2D eigenvalue weighted by atomic mass is 10.1. The summed E-state index contributed by atoms with van der Waals surface area (Å²) in [7, 11) is 1.57. The summed E-state index contributed by atoms with van der Waals surface area (Å²) in [4.78, 5) is 30.3. The summed E-state index contributed by atoms with van der Waals surface area (Å²) in [5.41, 5.74) is 8.37. The number of carbonyl (C=O) groups excluding carboxylic acids is 2. The molecule has 37 heavy (non-hydrogen) atoms. The van der Waals surface area contributed by atoms with Crippen molar-refractivity contribution in [2.75, 3.05) is 7.05 Å². The first-order valence-corrected chi connectivity index (χ1v) is 11.8. The van der Waals surface area contributed by atoms with E-state index in [0.29, 0.717) is 34.3 Å². The number of aliphatic imine (C=N–C) groups is 1. The standard InChI is InChI=1S/C20H19FN2O2.C8H15N3O/c1-4-13-9-12(2)19(16(21)10-13)25-18-7-8-23-17-6-5-14(11-15(17)18)20(24)22-3;1-8(2,3)11-5-7(4-9)10-6-12/h5-11H,4H2,1-3H3,(H,22,24);4-6H,9H2,1-3H3,(H,10,12)/b;7-4+,11-5?. The van der Waals surface area contributed by atoms with Gasteiger partial charge in [0.15, 0.2) is 11.6 Å². The Morgan fingerprint density at radius 2 is 1.95 bits per heavy atom. The van der Waals surface area contributed by atoms with Crippen molar-refractivity contribution in [3.05, 3.63) is 77.0 Å². The number of allylic oxidation sites excluding steroid dienone is 1. The lowest BCUT2D eigenvalue weighted by molar-refractivity contribution is -0.108. The number of fused-ring (bicyclic) bond motifs is 1. The molecule has 0 aliphatic heterocycles. The van der Waals surface area contributed by atoms with Gasteiger partial charge in [-0.2, -0.15) is 0 Å². The van der Waals surface area contributed by atoms with Gasteiger partial charge >= 0.3 is 0 Å². The van der Waals surface area contributed by atoms with E-state index in [1.165, 1.54) is 18.5 Å². The SMILES string of the molecule is CC(C)(C)N=C/C(=C\N)NC=O.CCc1cc(C)c(Oc2ccnc3ccc(C(=O)NC)cc23)c(F)c1. The maximum absolute atomic E-state index is 14.4. The highest BCUT2D eigenvalue weighted by atomic mass is 19.1. The molecule has 0 bridgehead atoms. The molecule has 9 heteroatoms. The van der Waals surface area contributed by atoms with Crippen LogP contribution < -0.4 is 21.1 Å². The number of pyridine rings is 1. The van der Waals surface area contributed by atoms with Gasteiger partial charge in [-0.15, -0.1) is 0 Å². The Hall–Kier alpha value is -4.27. The quantitative estimate of drug-likeness (QED) is 0.314. The van der Waals surface area contributed by atoms with E-state index in [2.05, 4.69) is 20.6 Å². The fraction of sp³-hybridized carbons (Fsp3) is 0.286. The van der Waals surface area contributed by atoms with E-state index in [0.717, 1.165) is 17.5 Å². The largest absolute Gasteiger partial charge is 0.453 e. The van der Waals surface area contributed by atoms with Crippen LogP contribution in [-0.2, 0) is 11.2 Å². The molecule has 0 unspecified atom stereocenters. The van der Waals surface area contributed by atoms with Gasteiger partial charge in [0.25, 0.3) is 5.91 Å². The molecule has 3 aromatic rings. The Labute approximate surface area is 216 Å². The van der Waals surface area contributed by atoms with E-state index >= 15 is 0 Å². The highest BCUT2D eigenvalue weighted by Gasteiger charge is 2.14. The molecule has 2 amide bonds. The lowest BCUT2D eigenvalue weighted by Crippen LogP contribution is -2.17. The lowest BCUT2D eigenvalue weighted by Gasteiger charge is -2.13. The second-order valence-electron chi connectivity index (χ2n) is 9.11. The number of nitrogens with one attached hydrogen (secondary N) is 2. The first-order chi connectivity index (χ1) is 17.5. The van der Waals surface area contributed by atoms with Crippen LogP contribution in [0.3, 0.4) is 0 Å². The summed E-state index contributed by atoms with van der Waals surface area (Å²) in [6, 6.07) is 10.2. The predicted molar refractivity (Wildman–Crippen MR) is 145 cm³/mol. The summed E-state index contributed by atoms with van der Waals surface area (Å²) in [5.74, 6) is 0.0488. The molecule has 0 aliphatic rings. The van der Waals surface area contributed by atoms with Crippen LogP contribution in [0.1, 0.15) is 49.2 Å². The smallest absolute Gasteiger partial charge is 0.251 e. The number of benzene rings is 2. The van der Waals surface area contributed by atoms with E-state index in [4.69, 9.17) is 10.5 Å². The maximum atomic E-state index is 14.4. The number of halogens is 1. The van der Waals surface area contributed by atoms with Gasteiger partial charge < -0.3 is 21.1 Å². The minimum atomic E-state index is -0.399. The highest BCUT2D eigenvalue weighted by molar-refractivity contribution is 5.99. The second kappa shape index (κ2) is 13.2. The predicted octanol–water partition coefficient (Wildman–Crippen LogP) is 4.80. The summed E-state index contributed by atoms with van der Waals surface area (Å²) in [6.07, 6.45) is 5.75. The number of hydrogen-bond acceptors (Lipinski definition) is 6. The zero-order chi connectivity index (χ0) is 27.6. The van der Waals surface area contributed by atoms with E-state index in [1.54, 1.807) is 37.5 Å². The summed E-state index contributed by atoms with van der Waals surface area (Å²) in [5, 5.41) is 5.65. The van der Waals surface area contributed by atoms with Crippen LogP contribution in [0.4, 0.5) is 4.39 Å². The molecule has 1 aromatic heterocycles. The van der Waals surface area contributed by atoms with Gasteiger partial charge in [-0.25, -0.2) is 4.39 Å². The fourth-order valence-corrected chi connectivity index (χ4v) is 3.20. The Morgan fingerprint density at radius 1 is 1.22 bits per heavy atom. The number of hydrogen-bond donors (Lipinski definition) is 3. The number of amides is 2. The molecule has 0 atom stereocenters. The molecule has 0 spiro atoms. The number of ether oxygens (including phenoxy) is 1. The molecule has 0 fully saturated rings. The van der Waals surface area contributed by atoms with Crippen LogP contribution in [0, 0.1) is 12.7 Å². The van der Waals surface area contributed by atoms with E-state index in [9.17, 15) is 14.0 Å². The second-order valence-corrected chi connectivity index (χ2v) is 9.11. The Kier molecular flexibility index (Phi) is 10.3. The molecule has 0 saturated carbocycles. The zero-order valence-electron chi connectivity index (χ0n) is 22.1. The average molecular weight is 508 g/mol. The number of aromatic nitrogens is 1. The molecular formula is C28H34FN5O3. The molecule has 0 saturated heterocycles. The molecule has 196 valence electrons. The van der Waals surface area contributed by atoms with E-state index < -0.39 is 5.82 Å². The topological polar surface area (TPSA) is 119 Å². The molecule has 0 aliphatic carbocycles. The fourth-order valence-electron chi connectivity index (χ4n) is 3.20. The number of carbonyl (C=O) groups is 2. The molecule has 8 nitrogen and oxygen atoms in total. The molecule has 4 N–H and O–H groups in total. The third-order valence-corrected chi connectivity index (χ3v) is 5.10. The summed E-state index contributed by atoms with van der Waals surface area (Å²) >= 11 is 0. The van der Waals surface area contributed by atoms with Crippen molar-refractivity contribution >= 4 is 29.4 Å². The zero-order valence-corrected chi connectivity index (χ0v) is 22.1. The highest BCUT2D eigenvalue weighted by Crippen LogP contribution is 2.33. The van der Waals surface area contributed by atoms with Gasteiger partial charge in [0.1, 0.15) is 5.75 Å². The Morgan fingerprint density at radius 3 is 2.51 bits per heavy atom. The van der Waals surface area contributed by atoms with Crippen molar-refractivity contribution < 1.29 is 18.7 Å². The molecule has 1 heterocycles. The van der Waals surface area contributed by atoms with Crippen molar-refractivity contribution in [1.82, 2.24) is 15.6 Å². The van der Waals surface area contributed by atoms with Gasteiger partial charge in [0.05, 0.1) is 16.8 Å². The maximum Gasteiger partial charge on any atom is 0.251 e. The van der Waals surface area contributed by atoms with Gasteiger partial charge in [0.2, 0.25) is 6.41 Å². The van der Waals surface area contributed by atoms with Gasteiger partial charge in [-0.3, -0.25) is 19.6 Å². The summed E-state index contributed by atoms with van der Waals surface area (Å²) < 4.78 is 20.3. The Balaban J connectivity index is 0.000000341. The van der Waals surface area contributed by atoms with E-state index in [1.807, 2.05) is 40.7 Å². The molecule has 2 aromatic carbocycles. The van der Waals surface area contributed by atoms with Crippen molar-refractivity contribution in [3.63, 3.8) is 0 Å². The van der Waals surface area contributed by atoms with E-state index in [-0.39, 0.29) is 17.2 Å². The molecule has 0 radical (unpaired) electrons. The van der Waals surface area contributed by atoms with Gasteiger partial charge in [-0.1, -0.05) is 13.0 Å². The minimum absolute atomic E-state index is 0.154. The van der Waals surface area contributed by atoms with Crippen LogP contribution in [0.2, 0.25) is 0 Å². The van der Waals surface area contributed by atoms with Crippen LogP contribution in [0.15, 0.2) is 59.5 Å². The van der Waals surface area contributed by atoms with Gasteiger partial charge in [-0.05, 0) is 75.6 Å². The van der Waals surface area contributed by atoms with Crippen LogP contribution >= 0.6 is 0 Å². The van der Waals surface area contributed by atoms with Crippen molar-refractivity contribution in [3.8, 4) is 11.5 Å². The number of nitrogens with zero attached hydrogens (tertiary/aromatic N) is 2. The first kappa shape index (κ1) is 29.0. The first-order valence-electron chi connectivity index (χ1n) is 11.8. The van der Waals surface area contributed by atoms with Crippen molar-refractivity contribution in [2.24, 2.45) is 10.7 Å². The third kappa shape index (κ3) is 8.42. The number of nitrogens with two attached hydrogens (primary N) is 1. The van der Waals surface area contributed by atoms with Crippen LogP contribution in [-0.4, -0.2) is 36.1 Å². The number of rotatable bonds is 7. The van der Waals surface area contributed by atoms with Crippen molar-refractivity contribution in [1.29, 1.82) is 0 Å². The summed E-state index contributed by atoms with van der Waals surface area (Å²) in [6.45, 7) is 9.66. The Bertz CT molecular complexity index is 1290. The third-order valence-electron chi connectivity index (χ3n) is 5.10. The van der Waals surface area contributed by atoms with Crippen LogP contribution in [0.25, 0.3) is 10.9 Å². The monoisotopic (exact) mass is 507 g/mol. The number of aryl methyl sites for hydroxylation is 2. The minimum Gasteiger partial charge on any atom is -0.453 e. The average Bonchev–Trinajstić information content (AvgIpc) is 2.87. The van der Waals surface area contributed by atoms with Crippen LogP contribution in [0.5, 0.6) is 11.5 Å². The molecular weight excluding hydrogens is 473 g/mol. The normalized spacial score (nSPS) is 11.6.